The Morgan fingerprint density at radius 3 is 2.71 bits per heavy atom. The Morgan fingerprint density at radius 2 is 2.00 bits per heavy atom. The van der Waals surface area contributed by atoms with Crippen LogP contribution in [0.15, 0.2) is 24.3 Å². The van der Waals surface area contributed by atoms with Crippen LogP contribution in [0.25, 0.3) is 10.9 Å². The van der Waals surface area contributed by atoms with Crippen LogP contribution >= 0.6 is 0 Å². The minimum absolute atomic E-state index is 0.0627. The molecule has 110 valence electrons. The fourth-order valence-corrected chi connectivity index (χ4v) is 3.32. The zero-order chi connectivity index (χ0) is 14.8. The Labute approximate surface area is 125 Å². The Kier molecular flexibility index (Phi) is 3.91. The highest BCUT2D eigenvalue weighted by molar-refractivity contribution is 6.07. The molecule has 1 saturated carbocycles. The number of hydrogen-bond acceptors (Lipinski definition) is 2. The Hall–Kier alpha value is -1.90. The molecule has 0 unspecified atom stereocenters. The first-order valence-electron chi connectivity index (χ1n) is 7.89. The summed E-state index contributed by atoms with van der Waals surface area (Å²) in [5.74, 6) is 0.0627. The summed E-state index contributed by atoms with van der Waals surface area (Å²) in [4.78, 5) is 17.5. The molecule has 0 aliphatic heterocycles. The van der Waals surface area contributed by atoms with Gasteiger partial charge in [0.2, 0.25) is 0 Å². The summed E-state index contributed by atoms with van der Waals surface area (Å²) >= 11 is 0. The molecule has 0 radical (unpaired) electrons. The van der Waals surface area contributed by atoms with Crippen LogP contribution in [0.1, 0.15) is 54.2 Å². The molecule has 3 heteroatoms. The molecule has 0 spiro atoms. The summed E-state index contributed by atoms with van der Waals surface area (Å²) in [6, 6.07) is 8.27. The highest BCUT2D eigenvalue weighted by atomic mass is 16.1. The van der Waals surface area contributed by atoms with E-state index in [1.807, 2.05) is 31.2 Å². The van der Waals surface area contributed by atoms with Crippen molar-refractivity contribution in [1.82, 2.24) is 10.3 Å². The summed E-state index contributed by atoms with van der Waals surface area (Å²) in [7, 11) is 0. The van der Waals surface area contributed by atoms with Crippen LogP contribution in [0.3, 0.4) is 0 Å². The van der Waals surface area contributed by atoms with Gasteiger partial charge in [0.1, 0.15) is 0 Å². The number of hydrogen-bond donors (Lipinski definition) is 1. The predicted molar refractivity (Wildman–Crippen MR) is 85.6 cm³/mol. The third-order valence-electron chi connectivity index (χ3n) is 4.49. The van der Waals surface area contributed by atoms with Crippen molar-refractivity contribution in [3.05, 3.63) is 41.1 Å². The summed E-state index contributed by atoms with van der Waals surface area (Å²) in [6.45, 7) is 4.10. The number of aromatic nitrogens is 1. The maximum absolute atomic E-state index is 12.8. The number of pyridine rings is 1. The van der Waals surface area contributed by atoms with E-state index in [0.29, 0.717) is 6.04 Å². The van der Waals surface area contributed by atoms with Crippen LogP contribution in [0.2, 0.25) is 0 Å². The number of fused-ring (bicyclic) bond motifs is 1. The van der Waals surface area contributed by atoms with E-state index in [1.54, 1.807) is 0 Å². The number of para-hydroxylation sites is 1. The van der Waals surface area contributed by atoms with Gasteiger partial charge in [0.25, 0.3) is 5.91 Å². The Bertz CT molecular complexity index is 672. The van der Waals surface area contributed by atoms with Gasteiger partial charge in [0.05, 0.1) is 11.1 Å². The van der Waals surface area contributed by atoms with Crippen molar-refractivity contribution in [2.24, 2.45) is 0 Å². The molecule has 0 bridgehead atoms. The van der Waals surface area contributed by atoms with Crippen molar-refractivity contribution in [2.75, 3.05) is 0 Å². The number of amides is 1. The van der Waals surface area contributed by atoms with Crippen molar-refractivity contribution in [3.63, 3.8) is 0 Å². The van der Waals surface area contributed by atoms with Gasteiger partial charge in [0, 0.05) is 17.1 Å². The smallest absolute Gasteiger partial charge is 0.252 e. The highest BCUT2D eigenvalue weighted by Gasteiger charge is 2.22. The monoisotopic (exact) mass is 282 g/mol. The summed E-state index contributed by atoms with van der Waals surface area (Å²) < 4.78 is 0. The third kappa shape index (κ3) is 2.65. The zero-order valence-corrected chi connectivity index (χ0v) is 12.8. The topological polar surface area (TPSA) is 42.0 Å². The minimum atomic E-state index is 0.0627. The van der Waals surface area contributed by atoms with E-state index in [-0.39, 0.29) is 5.91 Å². The molecule has 2 aromatic rings. The van der Waals surface area contributed by atoms with E-state index in [2.05, 4.69) is 17.2 Å². The molecular weight excluding hydrogens is 260 g/mol. The molecule has 1 N–H and O–H groups in total. The van der Waals surface area contributed by atoms with E-state index < -0.39 is 0 Å². The molecular formula is C18H22N2O. The van der Waals surface area contributed by atoms with Gasteiger partial charge in [0.15, 0.2) is 0 Å². The lowest BCUT2D eigenvalue weighted by Crippen LogP contribution is -2.33. The van der Waals surface area contributed by atoms with Crippen LogP contribution in [0, 0.1) is 6.92 Å². The summed E-state index contributed by atoms with van der Waals surface area (Å²) in [5.41, 5.74) is 3.76. The number of carbonyl (C=O) groups excluding carboxylic acids is 1. The largest absolute Gasteiger partial charge is 0.349 e. The van der Waals surface area contributed by atoms with Crippen LogP contribution in [-0.2, 0) is 6.42 Å². The Morgan fingerprint density at radius 1 is 1.29 bits per heavy atom. The first kappa shape index (κ1) is 14.1. The van der Waals surface area contributed by atoms with Gasteiger partial charge < -0.3 is 5.32 Å². The molecule has 0 saturated heterocycles. The van der Waals surface area contributed by atoms with E-state index in [0.717, 1.165) is 47.0 Å². The number of benzene rings is 1. The van der Waals surface area contributed by atoms with Crippen LogP contribution in [0.4, 0.5) is 0 Å². The lowest BCUT2D eigenvalue weighted by atomic mass is 9.99. The second kappa shape index (κ2) is 5.84. The molecule has 3 nitrogen and oxygen atoms in total. The zero-order valence-electron chi connectivity index (χ0n) is 12.8. The molecule has 21 heavy (non-hydrogen) atoms. The lowest BCUT2D eigenvalue weighted by molar-refractivity contribution is 0.0939. The van der Waals surface area contributed by atoms with Gasteiger partial charge >= 0.3 is 0 Å². The second-order valence-corrected chi connectivity index (χ2v) is 5.88. The average molecular weight is 282 g/mol. The van der Waals surface area contributed by atoms with E-state index in [4.69, 9.17) is 0 Å². The fraction of sp³-hybridized carbons (Fsp3) is 0.444. The van der Waals surface area contributed by atoms with Crippen molar-refractivity contribution >= 4 is 16.8 Å². The quantitative estimate of drug-likeness (QED) is 0.931. The number of nitrogens with one attached hydrogen (secondary N) is 1. The van der Waals surface area contributed by atoms with Crippen LogP contribution in [0.5, 0.6) is 0 Å². The molecule has 1 aromatic heterocycles. The van der Waals surface area contributed by atoms with Gasteiger partial charge in [-0.05, 0) is 37.8 Å². The van der Waals surface area contributed by atoms with Crippen molar-refractivity contribution in [1.29, 1.82) is 0 Å². The van der Waals surface area contributed by atoms with Crippen molar-refractivity contribution in [3.8, 4) is 0 Å². The van der Waals surface area contributed by atoms with Crippen molar-refractivity contribution in [2.45, 2.75) is 52.0 Å². The normalized spacial score (nSPS) is 15.5. The van der Waals surface area contributed by atoms with Gasteiger partial charge in [-0.25, -0.2) is 0 Å². The highest BCUT2D eigenvalue weighted by Crippen LogP contribution is 2.25. The molecule has 1 aliphatic rings. The minimum Gasteiger partial charge on any atom is -0.349 e. The summed E-state index contributed by atoms with van der Waals surface area (Å²) in [5, 5.41) is 4.17. The number of carbonyl (C=O) groups is 1. The molecule has 1 fully saturated rings. The molecule has 0 atom stereocenters. The first-order chi connectivity index (χ1) is 10.2. The lowest BCUT2D eigenvalue weighted by Gasteiger charge is -2.16. The van der Waals surface area contributed by atoms with Gasteiger partial charge in [-0.1, -0.05) is 38.0 Å². The van der Waals surface area contributed by atoms with Crippen LogP contribution in [-0.4, -0.2) is 16.9 Å². The molecule has 1 aliphatic carbocycles. The SMILES string of the molecule is CCc1nc2ccccc2c(C(=O)NC2CCCC2)c1C. The van der Waals surface area contributed by atoms with Gasteiger partial charge in [-0.15, -0.1) is 0 Å². The maximum Gasteiger partial charge on any atom is 0.252 e. The average Bonchev–Trinajstić information content (AvgIpc) is 2.99. The van der Waals surface area contributed by atoms with E-state index >= 15 is 0 Å². The molecule has 1 heterocycles. The summed E-state index contributed by atoms with van der Waals surface area (Å²) in [6.07, 6.45) is 5.51. The predicted octanol–water partition coefficient (Wildman–Crippen LogP) is 3.78. The maximum atomic E-state index is 12.8. The van der Waals surface area contributed by atoms with Gasteiger partial charge in [-0.2, -0.15) is 0 Å². The fourth-order valence-electron chi connectivity index (χ4n) is 3.32. The van der Waals surface area contributed by atoms with Crippen molar-refractivity contribution < 1.29 is 4.79 Å². The van der Waals surface area contributed by atoms with Gasteiger partial charge in [-0.3, -0.25) is 9.78 Å². The van der Waals surface area contributed by atoms with Crippen LogP contribution < -0.4 is 5.32 Å². The number of aryl methyl sites for hydroxylation is 1. The third-order valence-corrected chi connectivity index (χ3v) is 4.49. The standard InChI is InChI=1S/C18H22N2O/c1-3-15-12(2)17(14-10-6-7-11-16(14)20-15)18(21)19-13-8-4-5-9-13/h6-7,10-11,13H,3-5,8-9H2,1-2H3,(H,19,21). The molecule has 1 aromatic carbocycles. The second-order valence-electron chi connectivity index (χ2n) is 5.88. The molecule has 1 amide bonds. The van der Waals surface area contributed by atoms with E-state index in [1.165, 1.54) is 12.8 Å². The number of nitrogens with zero attached hydrogens (tertiary/aromatic N) is 1. The Balaban J connectivity index is 2.06. The van der Waals surface area contributed by atoms with E-state index in [9.17, 15) is 4.79 Å². The molecule has 3 rings (SSSR count). The number of rotatable bonds is 3. The first-order valence-corrected chi connectivity index (χ1v) is 7.89.